The van der Waals surface area contributed by atoms with Crippen LogP contribution in [0.25, 0.3) is 11.3 Å². The van der Waals surface area contributed by atoms with Crippen LogP contribution >= 0.6 is 27.3 Å². The molecule has 0 unspecified atom stereocenters. The Morgan fingerprint density at radius 2 is 1.97 bits per heavy atom. The highest BCUT2D eigenvalue weighted by Crippen LogP contribution is 2.32. The number of amides is 1. The Hall–Kier alpha value is -2.38. The highest BCUT2D eigenvalue weighted by Gasteiger charge is 2.14. The third-order valence-electron chi connectivity index (χ3n) is 4.17. The monoisotopic (exact) mass is 474 g/mol. The van der Waals surface area contributed by atoms with E-state index in [9.17, 15) is 4.79 Å². The quantitative estimate of drug-likeness (QED) is 0.427. The molecule has 0 radical (unpaired) electrons. The third-order valence-corrected chi connectivity index (χ3v) is 5.42. The number of halogens is 1. The number of rotatable bonds is 8. The predicted molar refractivity (Wildman–Crippen MR) is 121 cm³/mol. The van der Waals surface area contributed by atoms with Gasteiger partial charge in [0.05, 0.1) is 12.3 Å². The smallest absolute Gasteiger partial charge is 0.264 e. The lowest BCUT2D eigenvalue weighted by Gasteiger charge is -2.14. The van der Waals surface area contributed by atoms with Crippen molar-refractivity contribution in [3.63, 3.8) is 0 Å². The van der Waals surface area contributed by atoms with Gasteiger partial charge in [-0.3, -0.25) is 10.1 Å². The molecule has 0 saturated carbocycles. The van der Waals surface area contributed by atoms with Crippen LogP contribution in [0.5, 0.6) is 11.5 Å². The highest BCUT2D eigenvalue weighted by atomic mass is 79.9. The van der Waals surface area contributed by atoms with Crippen LogP contribution in [-0.4, -0.2) is 24.1 Å². The Labute approximate surface area is 183 Å². The highest BCUT2D eigenvalue weighted by molar-refractivity contribution is 9.10. The zero-order chi connectivity index (χ0) is 20.8. The maximum atomic E-state index is 12.3. The van der Waals surface area contributed by atoms with E-state index in [4.69, 9.17) is 9.47 Å². The van der Waals surface area contributed by atoms with E-state index in [-0.39, 0.29) is 18.4 Å². The zero-order valence-corrected chi connectivity index (χ0v) is 19.0. The van der Waals surface area contributed by atoms with Crippen LogP contribution in [0, 0.1) is 0 Å². The topological polar surface area (TPSA) is 60.5 Å². The van der Waals surface area contributed by atoms with Gasteiger partial charge in [0.25, 0.3) is 5.91 Å². The summed E-state index contributed by atoms with van der Waals surface area (Å²) in [5, 5.41) is 5.24. The Morgan fingerprint density at radius 3 is 2.72 bits per heavy atom. The van der Waals surface area contributed by atoms with Crippen molar-refractivity contribution in [1.82, 2.24) is 4.98 Å². The standard InChI is InChI=1S/C22H23BrN2O3S/c1-4-27-19-8-6-5-7-16(19)18-13-29-22(24-18)25-21(26)12-28-20-10-9-15(23)11-17(20)14(2)3/h5-11,13-14H,4,12H2,1-3H3,(H,24,25,26). The largest absolute Gasteiger partial charge is 0.493 e. The van der Waals surface area contributed by atoms with Crippen molar-refractivity contribution in [2.75, 3.05) is 18.5 Å². The number of thiazole rings is 1. The average molecular weight is 475 g/mol. The first-order chi connectivity index (χ1) is 14.0. The molecule has 1 N–H and O–H groups in total. The summed E-state index contributed by atoms with van der Waals surface area (Å²) >= 11 is 4.85. The summed E-state index contributed by atoms with van der Waals surface area (Å²) < 4.78 is 12.4. The Balaban J connectivity index is 1.65. The minimum Gasteiger partial charge on any atom is -0.493 e. The molecule has 3 aromatic rings. The first-order valence-corrected chi connectivity index (χ1v) is 11.0. The molecule has 29 heavy (non-hydrogen) atoms. The fourth-order valence-corrected chi connectivity index (χ4v) is 3.92. The van der Waals surface area contributed by atoms with Gasteiger partial charge in [-0.15, -0.1) is 11.3 Å². The molecule has 0 bridgehead atoms. The molecule has 5 nitrogen and oxygen atoms in total. The first kappa shape index (κ1) is 21.3. The fourth-order valence-electron chi connectivity index (χ4n) is 2.82. The van der Waals surface area contributed by atoms with Gasteiger partial charge in [-0.1, -0.05) is 41.9 Å². The number of carbonyl (C=O) groups is 1. The fraction of sp³-hybridized carbons (Fsp3) is 0.273. The minimum absolute atomic E-state index is 0.0776. The molecular weight excluding hydrogens is 452 g/mol. The second kappa shape index (κ2) is 9.89. The van der Waals surface area contributed by atoms with Gasteiger partial charge in [0, 0.05) is 15.4 Å². The minimum atomic E-state index is -0.249. The summed E-state index contributed by atoms with van der Waals surface area (Å²) in [5.41, 5.74) is 2.72. The van der Waals surface area contributed by atoms with Gasteiger partial charge in [0.1, 0.15) is 11.5 Å². The second-order valence-electron chi connectivity index (χ2n) is 6.64. The number of para-hydroxylation sites is 1. The molecular formula is C22H23BrN2O3S. The van der Waals surface area contributed by atoms with Crippen LogP contribution in [0.3, 0.4) is 0 Å². The maximum absolute atomic E-state index is 12.3. The molecule has 0 spiro atoms. The second-order valence-corrected chi connectivity index (χ2v) is 8.41. The van der Waals surface area contributed by atoms with Crippen LogP contribution in [0.1, 0.15) is 32.3 Å². The third kappa shape index (κ3) is 5.58. The van der Waals surface area contributed by atoms with Gasteiger partial charge in [0.15, 0.2) is 11.7 Å². The van der Waals surface area contributed by atoms with Crippen molar-refractivity contribution >= 4 is 38.3 Å². The van der Waals surface area contributed by atoms with E-state index < -0.39 is 0 Å². The van der Waals surface area contributed by atoms with E-state index in [2.05, 4.69) is 40.1 Å². The molecule has 0 atom stereocenters. The molecule has 3 rings (SSSR count). The number of benzene rings is 2. The summed E-state index contributed by atoms with van der Waals surface area (Å²) in [6.07, 6.45) is 0. The lowest BCUT2D eigenvalue weighted by atomic mass is 10.0. The SMILES string of the molecule is CCOc1ccccc1-c1csc(NC(=O)COc2ccc(Br)cc2C(C)C)n1. The van der Waals surface area contributed by atoms with Gasteiger partial charge in [0.2, 0.25) is 0 Å². The molecule has 0 saturated heterocycles. The van der Waals surface area contributed by atoms with E-state index in [1.807, 2.05) is 54.8 Å². The molecule has 2 aromatic carbocycles. The van der Waals surface area contributed by atoms with E-state index in [1.54, 1.807) is 0 Å². The van der Waals surface area contributed by atoms with Crippen molar-refractivity contribution in [2.24, 2.45) is 0 Å². The Kier molecular flexibility index (Phi) is 7.28. The Bertz CT molecular complexity index is 988. The number of nitrogens with zero attached hydrogens (tertiary/aromatic N) is 1. The molecule has 0 aliphatic carbocycles. The van der Waals surface area contributed by atoms with Gasteiger partial charge in [-0.25, -0.2) is 4.98 Å². The van der Waals surface area contributed by atoms with E-state index >= 15 is 0 Å². The van der Waals surface area contributed by atoms with E-state index in [0.29, 0.717) is 17.5 Å². The molecule has 0 aliphatic rings. The van der Waals surface area contributed by atoms with E-state index in [1.165, 1.54) is 11.3 Å². The van der Waals surface area contributed by atoms with Crippen molar-refractivity contribution in [3.05, 3.63) is 57.9 Å². The lowest BCUT2D eigenvalue weighted by molar-refractivity contribution is -0.118. The molecule has 0 aliphatic heterocycles. The van der Waals surface area contributed by atoms with Gasteiger partial charge in [-0.2, -0.15) is 0 Å². The van der Waals surface area contributed by atoms with Crippen LogP contribution in [0.15, 0.2) is 52.3 Å². The van der Waals surface area contributed by atoms with E-state index in [0.717, 1.165) is 27.0 Å². The molecule has 0 fully saturated rings. The molecule has 152 valence electrons. The molecule has 1 aromatic heterocycles. The van der Waals surface area contributed by atoms with Crippen molar-refractivity contribution < 1.29 is 14.3 Å². The van der Waals surface area contributed by atoms with Crippen LogP contribution in [0.2, 0.25) is 0 Å². The van der Waals surface area contributed by atoms with Gasteiger partial charge in [-0.05, 0) is 48.7 Å². The van der Waals surface area contributed by atoms with Crippen molar-refractivity contribution in [1.29, 1.82) is 0 Å². The zero-order valence-electron chi connectivity index (χ0n) is 16.6. The molecule has 1 heterocycles. The number of aromatic nitrogens is 1. The van der Waals surface area contributed by atoms with Crippen molar-refractivity contribution in [3.8, 4) is 22.8 Å². The summed E-state index contributed by atoms with van der Waals surface area (Å²) in [4.78, 5) is 16.9. The van der Waals surface area contributed by atoms with Crippen molar-refractivity contribution in [2.45, 2.75) is 26.7 Å². The Morgan fingerprint density at radius 1 is 1.17 bits per heavy atom. The first-order valence-electron chi connectivity index (χ1n) is 9.37. The number of nitrogens with one attached hydrogen (secondary N) is 1. The number of anilines is 1. The number of carbonyl (C=O) groups excluding carboxylic acids is 1. The summed E-state index contributed by atoms with van der Waals surface area (Å²) in [6, 6.07) is 13.5. The summed E-state index contributed by atoms with van der Waals surface area (Å²) in [7, 11) is 0. The summed E-state index contributed by atoms with van der Waals surface area (Å²) in [5.74, 6) is 1.53. The average Bonchev–Trinajstić information content (AvgIpc) is 3.15. The number of ether oxygens (including phenoxy) is 2. The van der Waals surface area contributed by atoms with Gasteiger partial charge < -0.3 is 9.47 Å². The van der Waals surface area contributed by atoms with Gasteiger partial charge >= 0.3 is 0 Å². The van der Waals surface area contributed by atoms with Crippen LogP contribution < -0.4 is 14.8 Å². The maximum Gasteiger partial charge on any atom is 0.264 e. The number of hydrogen-bond donors (Lipinski definition) is 1. The normalized spacial score (nSPS) is 10.8. The number of hydrogen-bond acceptors (Lipinski definition) is 5. The van der Waals surface area contributed by atoms with Crippen LogP contribution in [0.4, 0.5) is 5.13 Å². The molecule has 7 heteroatoms. The predicted octanol–water partition coefficient (Wildman–Crippen LogP) is 6.11. The summed E-state index contributed by atoms with van der Waals surface area (Å²) in [6.45, 7) is 6.62. The lowest BCUT2D eigenvalue weighted by Crippen LogP contribution is -2.20. The molecule has 1 amide bonds. The van der Waals surface area contributed by atoms with Crippen LogP contribution in [-0.2, 0) is 4.79 Å².